The summed E-state index contributed by atoms with van der Waals surface area (Å²) >= 11 is 0. The van der Waals surface area contributed by atoms with Gasteiger partial charge in [-0.05, 0) is 32.6 Å². The smallest absolute Gasteiger partial charge is 0.308 e. The first-order valence-electron chi connectivity index (χ1n) is 6.25. The number of amides is 1. The van der Waals surface area contributed by atoms with E-state index in [1.807, 2.05) is 6.92 Å². The number of likely N-dealkylation sites (tertiary alicyclic amines) is 1. The van der Waals surface area contributed by atoms with Crippen molar-refractivity contribution in [1.29, 1.82) is 0 Å². The number of piperidine rings is 1. The number of carbonyl (C=O) groups is 2. The molecule has 2 fully saturated rings. The Morgan fingerprint density at radius 2 is 2.06 bits per heavy atom. The van der Waals surface area contributed by atoms with Gasteiger partial charge in [0.05, 0.1) is 12.0 Å². The molecule has 0 aromatic carbocycles. The van der Waals surface area contributed by atoms with Crippen LogP contribution in [-0.4, -0.2) is 47.2 Å². The van der Waals surface area contributed by atoms with Gasteiger partial charge in [0.25, 0.3) is 5.91 Å². The summed E-state index contributed by atoms with van der Waals surface area (Å²) in [5.41, 5.74) is 0. The molecule has 2 heterocycles. The minimum absolute atomic E-state index is 0.0275. The first-order valence-corrected chi connectivity index (χ1v) is 6.25. The van der Waals surface area contributed by atoms with Gasteiger partial charge in [0.15, 0.2) is 0 Å². The monoisotopic (exact) mass is 241 g/mol. The Balaban J connectivity index is 1.93. The Morgan fingerprint density at radius 1 is 1.29 bits per heavy atom. The van der Waals surface area contributed by atoms with E-state index >= 15 is 0 Å². The minimum Gasteiger partial charge on any atom is -0.481 e. The molecule has 3 atom stereocenters. The minimum atomic E-state index is -0.803. The van der Waals surface area contributed by atoms with Crippen molar-refractivity contribution in [3.8, 4) is 0 Å². The molecule has 2 aliphatic rings. The number of aliphatic carboxylic acids is 1. The topological polar surface area (TPSA) is 66.8 Å². The molecule has 2 aliphatic heterocycles. The normalized spacial score (nSPS) is 33.7. The van der Waals surface area contributed by atoms with E-state index in [1.54, 1.807) is 4.90 Å². The predicted molar refractivity (Wildman–Crippen MR) is 60.5 cm³/mol. The fraction of sp³-hybridized carbons (Fsp3) is 0.833. The molecule has 3 unspecified atom stereocenters. The van der Waals surface area contributed by atoms with E-state index in [2.05, 4.69) is 0 Å². The van der Waals surface area contributed by atoms with E-state index in [0.717, 1.165) is 19.3 Å². The number of ether oxygens (including phenoxy) is 1. The standard InChI is InChI=1S/C12H19NO4/c1-8-4-5-10(17-8)11(14)13-6-2-3-9(7-13)12(15)16/h8-10H,2-7H2,1H3,(H,15,16). The highest BCUT2D eigenvalue weighted by Crippen LogP contribution is 2.24. The third-order valence-corrected chi connectivity index (χ3v) is 3.59. The molecule has 0 aromatic heterocycles. The van der Waals surface area contributed by atoms with Crippen molar-refractivity contribution >= 4 is 11.9 Å². The van der Waals surface area contributed by atoms with E-state index in [-0.39, 0.29) is 18.1 Å². The second-order valence-electron chi connectivity index (χ2n) is 4.97. The van der Waals surface area contributed by atoms with Crippen molar-refractivity contribution in [3.05, 3.63) is 0 Å². The highest BCUT2D eigenvalue weighted by atomic mass is 16.5. The maximum atomic E-state index is 12.1. The van der Waals surface area contributed by atoms with Crippen molar-refractivity contribution < 1.29 is 19.4 Å². The van der Waals surface area contributed by atoms with E-state index in [9.17, 15) is 9.59 Å². The lowest BCUT2D eigenvalue weighted by Crippen LogP contribution is -2.46. The number of hydrogen-bond acceptors (Lipinski definition) is 3. The zero-order valence-electron chi connectivity index (χ0n) is 10.1. The molecule has 0 bridgehead atoms. The average Bonchev–Trinajstić information content (AvgIpc) is 2.75. The molecule has 5 nitrogen and oxygen atoms in total. The van der Waals surface area contributed by atoms with Crippen LogP contribution in [0.2, 0.25) is 0 Å². The van der Waals surface area contributed by atoms with Crippen LogP contribution in [0.1, 0.15) is 32.6 Å². The van der Waals surface area contributed by atoms with Crippen molar-refractivity contribution in [3.63, 3.8) is 0 Å². The maximum absolute atomic E-state index is 12.1. The van der Waals surface area contributed by atoms with Crippen LogP contribution in [-0.2, 0) is 14.3 Å². The molecule has 0 saturated carbocycles. The van der Waals surface area contributed by atoms with Crippen molar-refractivity contribution in [2.75, 3.05) is 13.1 Å². The third-order valence-electron chi connectivity index (χ3n) is 3.59. The molecule has 2 rings (SSSR count). The highest BCUT2D eigenvalue weighted by molar-refractivity contribution is 5.82. The molecule has 1 amide bonds. The molecule has 0 spiro atoms. The van der Waals surface area contributed by atoms with Crippen molar-refractivity contribution in [2.24, 2.45) is 5.92 Å². The van der Waals surface area contributed by atoms with Gasteiger partial charge in [-0.15, -0.1) is 0 Å². The summed E-state index contributed by atoms with van der Waals surface area (Å²) in [5.74, 6) is -1.24. The molecule has 0 aliphatic carbocycles. The number of nitrogens with zero attached hydrogens (tertiary/aromatic N) is 1. The van der Waals surface area contributed by atoms with Crippen molar-refractivity contribution in [2.45, 2.75) is 44.8 Å². The quantitative estimate of drug-likeness (QED) is 0.779. The fourth-order valence-corrected chi connectivity index (χ4v) is 2.57. The van der Waals surface area contributed by atoms with Crippen LogP contribution in [0, 0.1) is 5.92 Å². The molecule has 2 saturated heterocycles. The molecule has 1 N–H and O–H groups in total. The van der Waals surface area contributed by atoms with Gasteiger partial charge in [-0.2, -0.15) is 0 Å². The summed E-state index contributed by atoms with van der Waals surface area (Å²) in [6.45, 7) is 2.96. The van der Waals surface area contributed by atoms with Gasteiger partial charge in [0, 0.05) is 13.1 Å². The Hall–Kier alpha value is -1.10. The molecule has 0 radical (unpaired) electrons. The van der Waals surface area contributed by atoms with Gasteiger partial charge in [0.2, 0.25) is 0 Å². The van der Waals surface area contributed by atoms with Crippen LogP contribution in [0.5, 0.6) is 0 Å². The molecule has 96 valence electrons. The largest absolute Gasteiger partial charge is 0.481 e. The van der Waals surface area contributed by atoms with Crippen molar-refractivity contribution in [1.82, 2.24) is 4.90 Å². The van der Waals surface area contributed by atoms with Crippen LogP contribution < -0.4 is 0 Å². The Morgan fingerprint density at radius 3 is 2.65 bits per heavy atom. The van der Waals surface area contributed by atoms with Crippen LogP contribution in [0.4, 0.5) is 0 Å². The summed E-state index contributed by atoms with van der Waals surface area (Å²) in [6, 6.07) is 0. The number of rotatable bonds is 2. The predicted octanol–water partition coefficient (Wildman–Crippen LogP) is 0.877. The van der Waals surface area contributed by atoms with Gasteiger partial charge in [-0.1, -0.05) is 0 Å². The lowest BCUT2D eigenvalue weighted by Gasteiger charge is -2.32. The molecular weight excluding hydrogens is 222 g/mol. The highest BCUT2D eigenvalue weighted by Gasteiger charge is 2.35. The van der Waals surface area contributed by atoms with Crippen LogP contribution >= 0.6 is 0 Å². The summed E-state index contributed by atoms with van der Waals surface area (Å²) in [5, 5.41) is 8.98. The lowest BCUT2D eigenvalue weighted by atomic mass is 9.97. The first kappa shape index (κ1) is 12.4. The first-order chi connectivity index (χ1) is 8.08. The second-order valence-corrected chi connectivity index (χ2v) is 4.97. The zero-order chi connectivity index (χ0) is 12.4. The molecular formula is C12H19NO4. The van der Waals surface area contributed by atoms with Crippen LogP contribution in [0.15, 0.2) is 0 Å². The van der Waals surface area contributed by atoms with Gasteiger partial charge < -0.3 is 14.7 Å². The Labute approximate surface area is 101 Å². The number of carbonyl (C=O) groups excluding carboxylic acids is 1. The lowest BCUT2D eigenvalue weighted by molar-refractivity contribution is -0.149. The summed E-state index contributed by atoms with van der Waals surface area (Å²) < 4.78 is 5.53. The third kappa shape index (κ3) is 2.77. The molecule has 17 heavy (non-hydrogen) atoms. The maximum Gasteiger partial charge on any atom is 0.308 e. The fourth-order valence-electron chi connectivity index (χ4n) is 2.57. The summed E-state index contributed by atoms with van der Waals surface area (Å²) in [6.07, 6.45) is 2.90. The van der Waals surface area contributed by atoms with E-state index in [0.29, 0.717) is 19.5 Å². The average molecular weight is 241 g/mol. The van der Waals surface area contributed by atoms with Crippen LogP contribution in [0.3, 0.4) is 0 Å². The van der Waals surface area contributed by atoms with E-state index in [4.69, 9.17) is 9.84 Å². The van der Waals surface area contributed by atoms with Gasteiger partial charge >= 0.3 is 5.97 Å². The summed E-state index contributed by atoms with van der Waals surface area (Å²) in [4.78, 5) is 24.7. The Bertz CT molecular complexity index is 318. The zero-order valence-corrected chi connectivity index (χ0v) is 10.1. The second kappa shape index (κ2) is 5.04. The van der Waals surface area contributed by atoms with E-state index in [1.165, 1.54) is 0 Å². The number of carboxylic acids is 1. The number of hydrogen-bond donors (Lipinski definition) is 1. The number of carboxylic acid groups (broad SMARTS) is 1. The summed E-state index contributed by atoms with van der Waals surface area (Å²) in [7, 11) is 0. The van der Waals surface area contributed by atoms with Gasteiger partial charge in [-0.3, -0.25) is 9.59 Å². The van der Waals surface area contributed by atoms with Crippen LogP contribution in [0.25, 0.3) is 0 Å². The molecule has 5 heteroatoms. The SMILES string of the molecule is CC1CCC(C(=O)N2CCCC(C(=O)O)C2)O1. The van der Waals surface area contributed by atoms with E-state index < -0.39 is 11.9 Å². The molecule has 0 aromatic rings. The van der Waals surface area contributed by atoms with Gasteiger partial charge in [-0.25, -0.2) is 0 Å². The Kier molecular flexibility index (Phi) is 3.66. The van der Waals surface area contributed by atoms with Gasteiger partial charge in [0.1, 0.15) is 6.10 Å².